The highest BCUT2D eigenvalue weighted by molar-refractivity contribution is 5.95. The van der Waals surface area contributed by atoms with Crippen molar-refractivity contribution >= 4 is 11.7 Å². The van der Waals surface area contributed by atoms with Gasteiger partial charge in [-0.1, -0.05) is 0 Å². The summed E-state index contributed by atoms with van der Waals surface area (Å²) in [5, 5.41) is 29.0. The summed E-state index contributed by atoms with van der Waals surface area (Å²) >= 11 is 0. The first-order chi connectivity index (χ1) is 7.40. The molecule has 16 heavy (non-hydrogen) atoms. The Balaban J connectivity index is 3.65. The van der Waals surface area contributed by atoms with Gasteiger partial charge in [-0.05, 0) is 18.6 Å². The zero-order valence-corrected chi connectivity index (χ0v) is 8.55. The molecule has 1 aromatic carbocycles. The fourth-order valence-electron chi connectivity index (χ4n) is 1.38. The summed E-state index contributed by atoms with van der Waals surface area (Å²) in [6.07, 6.45) is 0. The average molecular weight is 227 g/mol. The number of benzene rings is 1. The van der Waals surface area contributed by atoms with Crippen molar-refractivity contribution in [1.29, 1.82) is 0 Å². The Labute approximate surface area is 90.0 Å². The Hall–Kier alpha value is -2.31. The third-order valence-corrected chi connectivity index (χ3v) is 2.03. The van der Waals surface area contributed by atoms with Gasteiger partial charge in [0.05, 0.1) is 12.0 Å². The van der Waals surface area contributed by atoms with Crippen molar-refractivity contribution in [2.24, 2.45) is 0 Å². The first-order valence-corrected chi connectivity index (χ1v) is 4.18. The van der Waals surface area contributed by atoms with E-state index in [1.807, 2.05) is 0 Å². The van der Waals surface area contributed by atoms with Crippen LogP contribution in [0.2, 0.25) is 0 Å². The molecule has 0 saturated carbocycles. The molecule has 0 fully saturated rings. The maximum atomic E-state index is 10.8. The molecule has 86 valence electrons. The zero-order chi connectivity index (χ0) is 12.5. The van der Waals surface area contributed by atoms with Gasteiger partial charge in [-0.3, -0.25) is 10.1 Å². The number of hydrogen-bond acceptors (Lipinski definition) is 5. The van der Waals surface area contributed by atoms with Crippen molar-refractivity contribution in [3.63, 3.8) is 0 Å². The second-order valence-corrected chi connectivity index (χ2v) is 3.03. The Morgan fingerprint density at radius 1 is 1.56 bits per heavy atom. The largest absolute Gasteiger partial charge is 0.499 e. The minimum atomic E-state index is -1.48. The minimum absolute atomic E-state index is 0.100. The van der Waals surface area contributed by atoms with E-state index in [-0.39, 0.29) is 5.75 Å². The first kappa shape index (κ1) is 11.8. The summed E-state index contributed by atoms with van der Waals surface area (Å²) in [7, 11) is 1.23. The number of carboxylic acid groups (broad SMARTS) is 1. The molecular weight excluding hydrogens is 218 g/mol. The molecule has 0 aliphatic rings. The van der Waals surface area contributed by atoms with E-state index in [0.717, 1.165) is 6.07 Å². The molecule has 1 rings (SSSR count). The number of rotatable bonds is 3. The van der Waals surface area contributed by atoms with Gasteiger partial charge in [0.2, 0.25) is 5.75 Å². The van der Waals surface area contributed by atoms with Gasteiger partial charge in [0.15, 0.2) is 5.75 Å². The number of ether oxygens (including phenoxy) is 1. The highest BCUT2D eigenvalue weighted by atomic mass is 16.6. The lowest BCUT2D eigenvalue weighted by atomic mass is 10.1. The Morgan fingerprint density at radius 3 is 2.50 bits per heavy atom. The van der Waals surface area contributed by atoms with Crippen LogP contribution < -0.4 is 4.74 Å². The van der Waals surface area contributed by atoms with Crippen molar-refractivity contribution in [3.05, 3.63) is 27.3 Å². The maximum Gasteiger partial charge on any atom is 0.342 e. The number of nitro groups is 1. The second kappa shape index (κ2) is 4.05. The number of aryl methyl sites for hydroxylation is 1. The Kier molecular flexibility index (Phi) is 2.98. The van der Waals surface area contributed by atoms with Crippen molar-refractivity contribution in [1.82, 2.24) is 0 Å². The topological polar surface area (TPSA) is 110 Å². The van der Waals surface area contributed by atoms with Crippen LogP contribution in [-0.2, 0) is 0 Å². The molecule has 7 heteroatoms. The Bertz CT molecular complexity index is 468. The predicted octanol–water partition coefficient (Wildman–Crippen LogP) is 1.32. The lowest BCUT2D eigenvalue weighted by molar-refractivity contribution is -0.386. The molecule has 0 aliphatic heterocycles. The lowest BCUT2D eigenvalue weighted by Gasteiger charge is -2.08. The zero-order valence-electron chi connectivity index (χ0n) is 8.55. The number of carbonyl (C=O) groups is 1. The molecule has 2 N–H and O–H groups in total. The average Bonchev–Trinajstić information content (AvgIpc) is 2.16. The maximum absolute atomic E-state index is 10.8. The predicted molar refractivity (Wildman–Crippen MR) is 53.0 cm³/mol. The number of nitro benzene ring substituents is 1. The number of aromatic carboxylic acids is 1. The van der Waals surface area contributed by atoms with E-state index in [1.54, 1.807) is 0 Å². The van der Waals surface area contributed by atoms with Crippen LogP contribution in [0.5, 0.6) is 11.5 Å². The number of nitrogens with zero attached hydrogens (tertiary/aromatic N) is 1. The van der Waals surface area contributed by atoms with Gasteiger partial charge in [0, 0.05) is 0 Å². The van der Waals surface area contributed by atoms with E-state index in [2.05, 4.69) is 0 Å². The molecule has 0 bridgehead atoms. The summed E-state index contributed by atoms with van der Waals surface area (Å²) in [6, 6.07) is 1.08. The highest BCUT2D eigenvalue weighted by Gasteiger charge is 2.29. The monoisotopic (exact) mass is 227 g/mol. The van der Waals surface area contributed by atoms with Crippen molar-refractivity contribution < 1.29 is 24.7 Å². The van der Waals surface area contributed by atoms with Gasteiger partial charge >= 0.3 is 11.7 Å². The van der Waals surface area contributed by atoms with Crippen LogP contribution in [0.3, 0.4) is 0 Å². The van der Waals surface area contributed by atoms with Crippen LogP contribution in [0.25, 0.3) is 0 Å². The molecule has 7 nitrogen and oxygen atoms in total. The fourth-order valence-corrected chi connectivity index (χ4v) is 1.38. The van der Waals surface area contributed by atoms with E-state index >= 15 is 0 Å². The number of phenolic OH excluding ortho intramolecular Hbond substituents is 1. The summed E-state index contributed by atoms with van der Waals surface area (Å²) in [6.45, 7) is 1.48. The van der Waals surface area contributed by atoms with E-state index in [9.17, 15) is 20.0 Å². The van der Waals surface area contributed by atoms with Crippen LogP contribution in [0, 0.1) is 17.0 Å². The van der Waals surface area contributed by atoms with Crippen LogP contribution in [0.1, 0.15) is 15.9 Å². The van der Waals surface area contributed by atoms with Gasteiger partial charge in [-0.2, -0.15) is 0 Å². The van der Waals surface area contributed by atoms with Gasteiger partial charge in [-0.25, -0.2) is 4.79 Å². The number of hydrogen-bond donors (Lipinski definition) is 2. The molecule has 0 radical (unpaired) electrons. The molecule has 0 unspecified atom stereocenters. The lowest BCUT2D eigenvalue weighted by Crippen LogP contribution is -2.05. The molecule has 0 aromatic heterocycles. The molecule has 0 spiro atoms. The Morgan fingerprint density at radius 2 is 2.12 bits per heavy atom. The summed E-state index contributed by atoms with van der Waals surface area (Å²) in [5.41, 5.74) is -1.13. The molecule has 1 aromatic rings. The summed E-state index contributed by atoms with van der Waals surface area (Å²) in [4.78, 5) is 20.5. The molecule has 0 atom stereocenters. The highest BCUT2D eigenvalue weighted by Crippen LogP contribution is 2.40. The summed E-state index contributed by atoms with van der Waals surface area (Å²) in [5.74, 6) is -2.35. The van der Waals surface area contributed by atoms with Crippen LogP contribution in [-0.4, -0.2) is 28.2 Å². The molecule has 0 amide bonds. The third-order valence-electron chi connectivity index (χ3n) is 2.03. The van der Waals surface area contributed by atoms with Gasteiger partial charge in [0.1, 0.15) is 5.56 Å². The quantitative estimate of drug-likeness (QED) is 0.595. The van der Waals surface area contributed by atoms with Gasteiger partial charge in [0.25, 0.3) is 0 Å². The molecule has 0 aliphatic carbocycles. The molecule has 0 heterocycles. The second-order valence-electron chi connectivity index (χ2n) is 3.03. The van der Waals surface area contributed by atoms with Crippen LogP contribution in [0.15, 0.2) is 6.07 Å². The first-order valence-electron chi connectivity index (χ1n) is 4.18. The third kappa shape index (κ3) is 1.74. The SMILES string of the molecule is COc1c(C)cc(C(=O)O)c([N+](=O)[O-])c1O. The van der Waals surface area contributed by atoms with E-state index in [1.165, 1.54) is 14.0 Å². The number of carboxylic acids is 1. The van der Waals surface area contributed by atoms with E-state index in [0.29, 0.717) is 5.56 Å². The van der Waals surface area contributed by atoms with E-state index in [4.69, 9.17) is 9.84 Å². The number of aromatic hydroxyl groups is 1. The number of phenols is 1. The summed E-state index contributed by atoms with van der Waals surface area (Å²) < 4.78 is 4.75. The van der Waals surface area contributed by atoms with Crippen molar-refractivity contribution in [2.45, 2.75) is 6.92 Å². The van der Waals surface area contributed by atoms with Crippen LogP contribution in [0.4, 0.5) is 5.69 Å². The smallest absolute Gasteiger partial charge is 0.342 e. The molecular formula is C9H9NO6. The number of methoxy groups -OCH3 is 1. The molecule has 0 saturated heterocycles. The minimum Gasteiger partial charge on any atom is -0.499 e. The van der Waals surface area contributed by atoms with Crippen molar-refractivity contribution in [2.75, 3.05) is 7.11 Å². The fraction of sp³-hybridized carbons (Fsp3) is 0.222. The van der Waals surface area contributed by atoms with Gasteiger partial charge < -0.3 is 14.9 Å². The van der Waals surface area contributed by atoms with Crippen molar-refractivity contribution in [3.8, 4) is 11.5 Å². The standard InChI is InChI=1S/C9H9NO6/c1-4-3-5(9(12)13)6(10(14)15)7(11)8(4)16-2/h3,11H,1-2H3,(H,12,13). The normalized spacial score (nSPS) is 9.88. The van der Waals surface area contributed by atoms with E-state index < -0.39 is 27.9 Å². The van der Waals surface area contributed by atoms with Gasteiger partial charge in [-0.15, -0.1) is 0 Å². The van der Waals surface area contributed by atoms with Crippen LogP contribution >= 0.6 is 0 Å².